The van der Waals surface area contributed by atoms with Crippen LogP contribution in [0.1, 0.15) is 26.3 Å². The lowest BCUT2D eigenvalue weighted by molar-refractivity contribution is 0.0998. The summed E-state index contributed by atoms with van der Waals surface area (Å²) >= 11 is 0. The minimum Gasteiger partial charge on any atom is -0.497 e. The molecular weight excluding hydrogens is 384 g/mol. The topological polar surface area (TPSA) is 99.9 Å². The van der Waals surface area contributed by atoms with Crippen LogP contribution in [0.5, 0.6) is 17.2 Å². The van der Waals surface area contributed by atoms with Crippen LogP contribution < -0.4 is 25.3 Å². The minimum absolute atomic E-state index is 0.213. The van der Waals surface area contributed by atoms with Crippen LogP contribution in [-0.4, -0.2) is 26.0 Å². The average molecular weight is 406 g/mol. The Labute approximate surface area is 174 Å². The fourth-order valence-corrected chi connectivity index (χ4v) is 2.81. The van der Waals surface area contributed by atoms with Crippen LogP contribution in [0.2, 0.25) is 0 Å². The largest absolute Gasteiger partial charge is 0.497 e. The number of carbonyl (C=O) groups excluding carboxylic acids is 2. The lowest BCUT2D eigenvalue weighted by atomic mass is 10.1. The molecule has 30 heavy (non-hydrogen) atoms. The molecule has 0 fully saturated rings. The number of methoxy groups -OCH3 is 2. The van der Waals surface area contributed by atoms with E-state index in [2.05, 4.69) is 5.32 Å². The first-order valence-corrected chi connectivity index (χ1v) is 9.15. The van der Waals surface area contributed by atoms with Gasteiger partial charge in [-0.1, -0.05) is 6.07 Å². The molecule has 0 saturated carbocycles. The smallest absolute Gasteiger partial charge is 0.255 e. The van der Waals surface area contributed by atoms with Gasteiger partial charge in [0.05, 0.1) is 14.2 Å². The molecule has 3 N–H and O–H groups in total. The van der Waals surface area contributed by atoms with Gasteiger partial charge in [-0.3, -0.25) is 9.59 Å². The van der Waals surface area contributed by atoms with Crippen molar-refractivity contribution in [2.24, 2.45) is 5.73 Å². The SMILES string of the molecule is COc1cccc(OCc2cc(C(=O)Nc3ccc(C(N)=O)cc3)ccc2OC)c1. The molecule has 0 aliphatic carbocycles. The van der Waals surface area contributed by atoms with Crippen molar-refractivity contribution in [2.75, 3.05) is 19.5 Å². The van der Waals surface area contributed by atoms with Gasteiger partial charge < -0.3 is 25.3 Å². The summed E-state index contributed by atoms with van der Waals surface area (Å²) in [6.07, 6.45) is 0. The summed E-state index contributed by atoms with van der Waals surface area (Å²) in [5.41, 5.74) is 7.31. The molecule has 0 aliphatic heterocycles. The Balaban J connectivity index is 1.74. The lowest BCUT2D eigenvalue weighted by Gasteiger charge is -2.13. The standard InChI is InChI=1S/C23H22N2O5/c1-28-19-4-3-5-20(13-19)30-14-17-12-16(8-11-21(17)29-2)23(27)25-18-9-6-15(7-10-18)22(24)26/h3-13H,14H2,1-2H3,(H2,24,26)(H,25,27). The Hall–Kier alpha value is -4.00. The lowest BCUT2D eigenvalue weighted by Crippen LogP contribution is -2.14. The number of hydrogen-bond donors (Lipinski definition) is 2. The second-order valence-electron chi connectivity index (χ2n) is 6.39. The van der Waals surface area contributed by atoms with Crippen LogP contribution in [0.15, 0.2) is 66.7 Å². The maximum absolute atomic E-state index is 12.6. The van der Waals surface area contributed by atoms with E-state index in [0.717, 1.165) is 5.56 Å². The highest BCUT2D eigenvalue weighted by Gasteiger charge is 2.12. The molecule has 7 nitrogen and oxygen atoms in total. The van der Waals surface area contributed by atoms with Crippen LogP contribution in [0.4, 0.5) is 5.69 Å². The van der Waals surface area contributed by atoms with Crippen molar-refractivity contribution in [1.29, 1.82) is 0 Å². The zero-order chi connectivity index (χ0) is 21.5. The summed E-state index contributed by atoms with van der Waals surface area (Å²) < 4.78 is 16.4. The molecule has 3 aromatic carbocycles. The number of primary amides is 1. The number of rotatable bonds is 8. The normalized spacial score (nSPS) is 10.2. The molecule has 0 bridgehead atoms. The predicted molar refractivity (Wildman–Crippen MR) is 113 cm³/mol. The first-order chi connectivity index (χ1) is 14.5. The second-order valence-corrected chi connectivity index (χ2v) is 6.39. The van der Waals surface area contributed by atoms with Gasteiger partial charge in [-0.05, 0) is 54.6 Å². The van der Waals surface area contributed by atoms with Crippen molar-refractivity contribution < 1.29 is 23.8 Å². The van der Waals surface area contributed by atoms with Gasteiger partial charge >= 0.3 is 0 Å². The molecule has 0 saturated heterocycles. The molecule has 0 atom stereocenters. The van der Waals surface area contributed by atoms with Crippen LogP contribution in [0.3, 0.4) is 0 Å². The van der Waals surface area contributed by atoms with Gasteiger partial charge in [0, 0.05) is 28.4 Å². The van der Waals surface area contributed by atoms with E-state index >= 15 is 0 Å². The first kappa shape index (κ1) is 20.7. The first-order valence-electron chi connectivity index (χ1n) is 9.15. The Bertz CT molecular complexity index is 1050. The highest BCUT2D eigenvalue weighted by molar-refractivity contribution is 6.04. The van der Waals surface area contributed by atoms with E-state index < -0.39 is 5.91 Å². The van der Waals surface area contributed by atoms with E-state index in [0.29, 0.717) is 34.1 Å². The maximum atomic E-state index is 12.6. The summed E-state index contributed by atoms with van der Waals surface area (Å²) in [7, 11) is 3.15. The summed E-state index contributed by atoms with van der Waals surface area (Å²) in [6.45, 7) is 0.213. The Morgan fingerprint density at radius 2 is 1.57 bits per heavy atom. The fourth-order valence-electron chi connectivity index (χ4n) is 2.81. The number of ether oxygens (including phenoxy) is 3. The fraction of sp³-hybridized carbons (Fsp3) is 0.130. The number of carbonyl (C=O) groups is 2. The third-order valence-corrected chi connectivity index (χ3v) is 4.41. The molecule has 0 spiro atoms. The number of nitrogens with one attached hydrogen (secondary N) is 1. The zero-order valence-electron chi connectivity index (χ0n) is 16.7. The molecule has 0 radical (unpaired) electrons. The van der Waals surface area contributed by atoms with E-state index in [1.807, 2.05) is 18.2 Å². The molecule has 0 heterocycles. The minimum atomic E-state index is -0.524. The van der Waals surface area contributed by atoms with E-state index in [-0.39, 0.29) is 12.5 Å². The summed E-state index contributed by atoms with van der Waals surface area (Å²) in [4.78, 5) is 23.8. The Morgan fingerprint density at radius 1 is 0.867 bits per heavy atom. The predicted octanol–water partition coefficient (Wildman–Crippen LogP) is 3.63. The van der Waals surface area contributed by atoms with Gasteiger partial charge in [-0.25, -0.2) is 0 Å². The van der Waals surface area contributed by atoms with Crippen LogP contribution >= 0.6 is 0 Å². The molecule has 3 aromatic rings. The van der Waals surface area contributed by atoms with Crippen molar-refractivity contribution in [3.8, 4) is 17.2 Å². The van der Waals surface area contributed by atoms with Crippen molar-refractivity contribution in [2.45, 2.75) is 6.61 Å². The van der Waals surface area contributed by atoms with Crippen molar-refractivity contribution in [3.05, 3.63) is 83.4 Å². The molecule has 0 aromatic heterocycles. The highest BCUT2D eigenvalue weighted by Crippen LogP contribution is 2.25. The van der Waals surface area contributed by atoms with Crippen LogP contribution in [-0.2, 0) is 6.61 Å². The van der Waals surface area contributed by atoms with Gasteiger partial charge in [0.1, 0.15) is 23.9 Å². The van der Waals surface area contributed by atoms with Gasteiger partial charge in [0.2, 0.25) is 5.91 Å². The van der Waals surface area contributed by atoms with Crippen molar-refractivity contribution >= 4 is 17.5 Å². The number of amides is 2. The Kier molecular flexibility index (Phi) is 6.54. The molecule has 0 unspecified atom stereocenters. The van der Waals surface area contributed by atoms with Crippen molar-refractivity contribution in [1.82, 2.24) is 0 Å². The quantitative estimate of drug-likeness (QED) is 0.595. The van der Waals surface area contributed by atoms with Gasteiger partial charge in [-0.2, -0.15) is 0 Å². The third kappa shape index (κ3) is 5.08. The Morgan fingerprint density at radius 3 is 2.23 bits per heavy atom. The molecule has 7 heteroatoms. The summed E-state index contributed by atoms with van der Waals surface area (Å²) in [5, 5.41) is 2.79. The van der Waals surface area contributed by atoms with E-state index in [4.69, 9.17) is 19.9 Å². The average Bonchev–Trinajstić information content (AvgIpc) is 2.78. The molecule has 3 rings (SSSR count). The molecule has 2 amide bonds. The van der Waals surface area contributed by atoms with Gasteiger partial charge in [0.25, 0.3) is 5.91 Å². The van der Waals surface area contributed by atoms with Crippen molar-refractivity contribution in [3.63, 3.8) is 0 Å². The highest BCUT2D eigenvalue weighted by atomic mass is 16.5. The maximum Gasteiger partial charge on any atom is 0.255 e. The van der Waals surface area contributed by atoms with Gasteiger partial charge in [0.15, 0.2) is 0 Å². The second kappa shape index (κ2) is 9.47. The monoisotopic (exact) mass is 406 g/mol. The molecule has 0 aliphatic rings. The number of nitrogens with two attached hydrogens (primary N) is 1. The van der Waals surface area contributed by atoms with Gasteiger partial charge in [-0.15, -0.1) is 0 Å². The number of hydrogen-bond acceptors (Lipinski definition) is 5. The van der Waals surface area contributed by atoms with Crippen LogP contribution in [0.25, 0.3) is 0 Å². The van der Waals surface area contributed by atoms with E-state index in [1.165, 1.54) is 0 Å². The summed E-state index contributed by atoms with van der Waals surface area (Å²) in [6, 6.07) is 18.7. The molecule has 154 valence electrons. The number of benzene rings is 3. The van der Waals surface area contributed by atoms with E-state index in [9.17, 15) is 9.59 Å². The summed E-state index contributed by atoms with van der Waals surface area (Å²) in [5.74, 6) is 1.12. The van der Waals surface area contributed by atoms with E-state index in [1.54, 1.807) is 62.8 Å². The third-order valence-electron chi connectivity index (χ3n) is 4.41. The number of anilines is 1. The van der Waals surface area contributed by atoms with Crippen LogP contribution in [0, 0.1) is 0 Å². The zero-order valence-corrected chi connectivity index (χ0v) is 16.7. The molecular formula is C23H22N2O5.